The Balaban J connectivity index is 1.96. The number of benzene rings is 1. The van der Waals surface area contributed by atoms with Crippen LogP contribution in [0.2, 0.25) is 10.3 Å². The lowest BCUT2D eigenvalue weighted by Gasteiger charge is -2.28. The Morgan fingerprint density at radius 1 is 1.08 bits per heavy atom. The summed E-state index contributed by atoms with van der Waals surface area (Å²) in [7, 11) is 0. The minimum Gasteiger partial charge on any atom is -0.378 e. The van der Waals surface area contributed by atoms with E-state index >= 15 is 0 Å². The predicted molar refractivity (Wildman–Crippen MR) is 101 cm³/mol. The molecule has 2 aromatic heterocycles. The highest BCUT2D eigenvalue weighted by molar-refractivity contribution is 7.19. The molecule has 24 heavy (non-hydrogen) atoms. The quantitative estimate of drug-likeness (QED) is 0.598. The largest absolute Gasteiger partial charge is 0.378 e. The second-order valence-corrected chi connectivity index (χ2v) is 7.61. The molecule has 3 heterocycles. The van der Waals surface area contributed by atoms with Gasteiger partial charge in [0.05, 0.1) is 18.6 Å². The molecule has 3 aromatic rings. The van der Waals surface area contributed by atoms with Gasteiger partial charge in [0.1, 0.15) is 10.6 Å². The molecular formula is C17H15Cl2N3OS. The highest BCUT2D eigenvalue weighted by atomic mass is 35.5. The van der Waals surface area contributed by atoms with Crippen LogP contribution in [0.4, 0.5) is 5.82 Å². The van der Waals surface area contributed by atoms with E-state index in [4.69, 9.17) is 27.9 Å². The molecule has 0 N–H and O–H groups in total. The zero-order valence-electron chi connectivity index (χ0n) is 13.1. The van der Waals surface area contributed by atoms with Crippen LogP contribution in [-0.2, 0) is 4.74 Å². The maximum absolute atomic E-state index is 6.18. The van der Waals surface area contributed by atoms with Crippen molar-refractivity contribution < 1.29 is 4.74 Å². The highest BCUT2D eigenvalue weighted by Crippen LogP contribution is 2.42. The molecule has 0 aliphatic carbocycles. The summed E-state index contributed by atoms with van der Waals surface area (Å²) in [6.07, 6.45) is 0. The highest BCUT2D eigenvalue weighted by Gasteiger charge is 2.23. The van der Waals surface area contributed by atoms with E-state index in [9.17, 15) is 0 Å². The summed E-state index contributed by atoms with van der Waals surface area (Å²) in [6, 6.07) is 7.89. The summed E-state index contributed by atoms with van der Waals surface area (Å²) < 4.78 is 5.47. The molecule has 124 valence electrons. The first-order chi connectivity index (χ1) is 11.6. The molecule has 1 saturated heterocycles. The molecule has 0 saturated carbocycles. The van der Waals surface area contributed by atoms with Gasteiger partial charge in [0.25, 0.3) is 0 Å². The van der Waals surface area contributed by atoms with Crippen molar-refractivity contribution in [2.75, 3.05) is 31.2 Å². The molecule has 1 aromatic carbocycles. The summed E-state index contributed by atoms with van der Waals surface area (Å²) in [5, 5.41) is 2.07. The standard InChI is InChI=1S/C17H15Cl2N3OS/c1-10-13(11-2-4-12(18)5-3-11)14-15(22-6-8-23-9-7-22)20-17(19)21-16(14)24-10/h2-5H,6-9H2,1H3. The number of ether oxygens (including phenoxy) is 1. The Hall–Kier alpha value is -1.40. The number of aromatic nitrogens is 2. The molecular weight excluding hydrogens is 365 g/mol. The van der Waals surface area contributed by atoms with Gasteiger partial charge in [0.2, 0.25) is 5.28 Å². The number of aryl methyl sites for hydroxylation is 1. The van der Waals surface area contributed by atoms with Crippen LogP contribution in [0.25, 0.3) is 21.3 Å². The fraction of sp³-hybridized carbons (Fsp3) is 0.294. The second kappa shape index (κ2) is 6.48. The van der Waals surface area contributed by atoms with Gasteiger partial charge in [-0.05, 0) is 36.2 Å². The van der Waals surface area contributed by atoms with Crippen LogP contribution in [0.3, 0.4) is 0 Å². The minimum absolute atomic E-state index is 0.285. The van der Waals surface area contributed by atoms with Gasteiger partial charge in [-0.15, -0.1) is 11.3 Å². The third-order valence-electron chi connectivity index (χ3n) is 4.12. The Morgan fingerprint density at radius 2 is 1.79 bits per heavy atom. The number of thiophene rings is 1. The summed E-state index contributed by atoms with van der Waals surface area (Å²) >= 11 is 13.9. The van der Waals surface area contributed by atoms with E-state index in [-0.39, 0.29) is 5.28 Å². The van der Waals surface area contributed by atoms with Gasteiger partial charge >= 0.3 is 0 Å². The number of morpholine rings is 1. The topological polar surface area (TPSA) is 38.2 Å². The van der Waals surface area contributed by atoms with Crippen LogP contribution in [0.1, 0.15) is 4.88 Å². The Bertz CT molecular complexity index is 889. The summed E-state index contributed by atoms with van der Waals surface area (Å²) in [5.41, 5.74) is 2.27. The lowest BCUT2D eigenvalue weighted by molar-refractivity contribution is 0.122. The van der Waals surface area contributed by atoms with Crippen molar-refractivity contribution in [3.05, 3.63) is 39.4 Å². The zero-order valence-corrected chi connectivity index (χ0v) is 15.4. The van der Waals surface area contributed by atoms with Gasteiger partial charge in [-0.2, -0.15) is 4.98 Å². The first kappa shape index (κ1) is 16.1. The number of nitrogens with zero attached hydrogens (tertiary/aromatic N) is 3. The molecule has 1 aliphatic rings. The molecule has 0 atom stereocenters. The molecule has 7 heteroatoms. The van der Waals surface area contributed by atoms with Gasteiger partial charge in [-0.1, -0.05) is 23.7 Å². The Kier molecular flexibility index (Phi) is 4.35. The summed E-state index contributed by atoms with van der Waals surface area (Å²) in [5.74, 6) is 0.891. The van der Waals surface area contributed by atoms with Crippen molar-refractivity contribution in [2.24, 2.45) is 0 Å². The average Bonchev–Trinajstić information content (AvgIpc) is 2.91. The Labute approximate surface area is 154 Å². The number of hydrogen-bond donors (Lipinski definition) is 0. The fourth-order valence-electron chi connectivity index (χ4n) is 3.04. The van der Waals surface area contributed by atoms with Gasteiger partial charge in [0, 0.05) is 28.6 Å². The molecule has 0 spiro atoms. The number of hydrogen-bond acceptors (Lipinski definition) is 5. The molecule has 1 aliphatic heterocycles. The van der Waals surface area contributed by atoms with E-state index in [1.807, 2.05) is 24.3 Å². The van der Waals surface area contributed by atoms with Crippen molar-refractivity contribution in [1.29, 1.82) is 0 Å². The van der Waals surface area contributed by atoms with Crippen LogP contribution >= 0.6 is 34.5 Å². The average molecular weight is 380 g/mol. The van der Waals surface area contributed by atoms with Crippen LogP contribution in [0, 0.1) is 6.92 Å². The minimum atomic E-state index is 0.285. The van der Waals surface area contributed by atoms with Crippen LogP contribution in [-0.4, -0.2) is 36.3 Å². The zero-order chi connectivity index (χ0) is 16.7. The van der Waals surface area contributed by atoms with Crippen LogP contribution in [0.15, 0.2) is 24.3 Å². The molecule has 0 radical (unpaired) electrons. The third kappa shape index (κ3) is 2.86. The molecule has 0 unspecified atom stereocenters. The molecule has 0 amide bonds. The maximum atomic E-state index is 6.18. The normalized spacial score (nSPS) is 15.2. The summed E-state index contributed by atoms with van der Waals surface area (Å²) in [6.45, 7) is 5.10. The van der Waals surface area contributed by atoms with Gasteiger partial charge in [0.15, 0.2) is 0 Å². The second-order valence-electron chi connectivity index (χ2n) is 5.64. The van der Waals surface area contributed by atoms with E-state index in [1.54, 1.807) is 11.3 Å². The molecule has 4 rings (SSSR count). The lowest BCUT2D eigenvalue weighted by atomic mass is 10.0. The summed E-state index contributed by atoms with van der Waals surface area (Å²) in [4.78, 5) is 13.3. The van der Waals surface area contributed by atoms with Gasteiger partial charge in [-0.3, -0.25) is 0 Å². The van der Waals surface area contributed by atoms with E-state index < -0.39 is 0 Å². The predicted octanol–water partition coefficient (Wildman–Crippen LogP) is 4.81. The first-order valence-electron chi connectivity index (χ1n) is 7.69. The SMILES string of the molecule is Cc1sc2nc(Cl)nc(N3CCOCC3)c2c1-c1ccc(Cl)cc1. The van der Waals surface area contributed by atoms with Gasteiger partial charge < -0.3 is 9.64 Å². The first-order valence-corrected chi connectivity index (χ1v) is 9.26. The van der Waals surface area contributed by atoms with E-state index in [0.717, 1.165) is 45.3 Å². The van der Waals surface area contributed by atoms with Crippen molar-refractivity contribution in [3.8, 4) is 11.1 Å². The van der Waals surface area contributed by atoms with Crippen molar-refractivity contribution in [3.63, 3.8) is 0 Å². The van der Waals surface area contributed by atoms with E-state index in [0.29, 0.717) is 13.2 Å². The van der Waals surface area contributed by atoms with E-state index in [1.165, 1.54) is 4.88 Å². The number of halogens is 2. The Morgan fingerprint density at radius 3 is 2.50 bits per heavy atom. The van der Waals surface area contributed by atoms with Crippen molar-refractivity contribution >= 4 is 50.6 Å². The number of anilines is 1. The fourth-order valence-corrected chi connectivity index (χ4v) is 4.42. The smallest absolute Gasteiger partial charge is 0.225 e. The van der Waals surface area contributed by atoms with Gasteiger partial charge in [-0.25, -0.2) is 4.98 Å². The van der Waals surface area contributed by atoms with Crippen LogP contribution < -0.4 is 4.90 Å². The lowest BCUT2D eigenvalue weighted by Crippen LogP contribution is -2.37. The molecule has 4 nitrogen and oxygen atoms in total. The third-order valence-corrected chi connectivity index (χ3v) is 5.54. The van der Waals surface area contributed by atoms with E-state index in [2.05, 4.69) is 21.8 Å². The number of fused-ring (bicyclic) bond motifs is 1. The van der Waals surface area contributed by atoms with Crippen molar-refractivity contribution in [1.82, 2.24) is 9.97 Å². The number of rotatable bonds is 2. The monoisotopic (exact) mass is 379 g/mol. The molecule has 1 fully saturated rings. The maximum Gasteiger partial charge on any atom is 0.225 e. The molecule has 0 bridgehead atoms. The van der Waals surface area contributed by atoms with Crippen LogP contribution in [0.5, 0.6) is 0 Å². The van der Waals surface area contributed by atoms with Crippen molar-refractivity contribution in [2.45, 2.75) is 6.92 Å².